The van der Waals surface area contributed by atoms with Crippen LogP contribution in [-0.4, -0.2) is 60.8 Å². The van der Waals surface area contributed by atoms with Gasteiger partial charge in [-0.25, -0.2) is 0 Å². The second kappa shape index (κ2) is 7.07. The van der Waals surface area contributed by atoms with Crippen LogP contribution in [-0.2, 0) is 4.79 Å². The number of rotatable bonds is 7. The summed E-state index contributed by atoms with van der Waals surface area (Å²) in [6.07, 6.45) is 2.83. The molecule has 0 radical (unpaired) electrons. The van der Waals surface area contributed by atoms with E-state index < -0.39 is 5.60 Å². The van der Waals surface area contributed by atoms with E-state index in [1.807, 2.05) is 18.9 Å². The third-order valence-electron chi connectivity index (χ3n) is 3.33. The van der Waals surface area contributed by atoms with Crippen molar-refractivity contribution < 1.29 is 9.90 Å². The smallest absolute Gasteiger partial charge is 0.234 e. The number of carbonyl (C=O) groups excluding carboxylic acids is 1. The quantitative estimate of drug-likeness (QED) is 0.598. The minimum atomic E-state index is -0.677. The van der Waals surface area contributed by atoms with Crippen molar-refractivity contribution in [2.45, 2.75) is 44.8 Å². The molecule has 1 amide bonds. The topological polar surface area (TPSA) is 64.6 Å². The molecule has 3 N–H and O–H groups in total. The standard InChI is InChI=1S/C13H27N3O2/c1-4-5-11(2)15-12(17)8-16(3)10-13(18)6-7-14-9-13/h11,14,18H,4-10H2,1-3H3,(H,15,17). The van der Waals surface area contributed by atoms with E-state index in [9.17, 15) is 9.90 Å². The molecule has 0 spiro atoms. The van der Waals surface area contributed by atoms with Gasteiger partial charge in [0.05, 0.1) is 12.1 Å². The molecular weight excluding hydrogens is 230 g/mol. The molecule has 1 heterocycles. The molecule has 1 rings (SSSR count). The van der Waals surface area contributed by atoms with Crippen LogP contribution in [0.1, 0.15) is 33.1 Å². The maximum atomic E-state index is 11.8. The van der Waals surface area contributed by atoms with Crippen molar-refractivity contribution in [3.05, 3.63) is 0 Å². The number of amides is 1. The molecule has 5 heteroatoms. The van der Waals surface area contributed by atoms with Crippen molar-refractivity contribution in [1.82, 2.24) is 15.5 Å². The minimum absolute atomic E-state index is 0.0352. The molecule has 0 aromatic heterocycles. The lowest BCUT2D eigenvalue weighted by Crippen LogP contribution is -2.47. The zero-order chi connectivity index (χ0) is 13.6. The van der Waals surface area contributed by atoms with E-state index in [1.165, 1.54) is 0 Å². The first kappa shape index (κ1) is 15.4. The van der Waals surface area contributed by atoms with Crippen LogP contribution in [0.5, 0.6) is 0 Å². The molecular formula is C13H27N3O2. The highest BCUT2D eigenvalue weighted by molar-refractivity contribution is 5.78. The van der Waals surface area contributed by atoms with Crippen LogP contribution in [0.3, 0.4) is 0 Å². The monoisotopic (exact) mass is 257 g/mol. The molecule has 0 aliphatic carbocycles. The van der Waals surface area contributed by atoms with E-state index in [4.69, 9.17) is 0 Å². The summed E-state index contributed by atoms with van der Waals surface area (Å²) in [6, 6.07) is 0.229. The highest BCUT2D eigenvalue weighted by Crippen LogP contribution is 2.14. The van der Waals surface area contributed by atoms with Gasteiger partial charge >= 0.3 is 0 Å². The lowest BCUT2D eigenvalue weighted by Gasteiger charge is -2.27. The Morgan fingerprint density at radius 1 is 1.61 bits per heavy atom. The van der Waals surface area contributed by atoms with E-state index in [0.29, 0.717) is 19.6 Å². The number of nitrogens with one attached hydrogen (secondary N) is 2. The summed E-state index contributed by atoms with van der Waals surface area (Å²) in [5, 5.41) is 16.3. The van der Waals surface area contributed by atoms with Crippen LogP contribution in [0.2, 0.25) is 0 Å². The zero-order valence-electron chi connectivity index (χ0n) is 11.8. The van der Waals surface area contributed by atoms with E-state index >= 15 is 0 Å². The number of β-amino-alcohol motifs (C(OH)–C–C–N with tert-alkyl or cyclic N) is 1. The van der Waals surface area contributed by atoms with Crippen LogP contribution in [0, 0.1) is 0 Å². The Morgan fingerprint density at radius 2 is 2.33 bits per heavy atom. The average Bonchev–Trinajstić information content (AvgIpc) is 2.63. The lowest BCUT2D eigenvalue weighted by atomic mass is 10.0. The molecule has 5 nitrogen and oxygen atoms in total. The van der Waals surface area contributed by atoms with Gasteiger partial charge < -0.3 is 15.7 Å². The highest BCUT2D eigenvalue weighted by atomic mass is 16.3. The van der Waals surface area contributed by atoms with Gasteiger partial charge in [-0.2, -0.15) is 0 Å². The second-order valence-corrected chi connectivity index (χ2v) is 5.58. The van der Waals surface area contributed by atoms with E-state index in [2.05, 4.69) is 17.6 Å². The Balaban J connectivity index is 2.26. The van der Waals surface area contributed by atoms with Gasteiger partial charge in [0.15, 0.2) is 0 Å². The van der Waals surface area contributed by atoms with Gasteiger partial charge in [-0.05, 0) is 33.4 Å². The van der Waals surface area contributed by atoms with Crippen molar-refractivity contribution in [2.24, 2.45) is 0 Å². The summed E-state index contributed by atoms with van der Waals surface area (Å²) in [5.74, 6) is 0.0352. The van der Waals surface area contributed by atoms with Crippen molar-refractivity contribution >= 4 is 5.91 Å². The van der Waals surface area contributed by atoms with Crippen molar-refractivity contribution in [3.8, 4) is 0 Å². The van der Waals surface area contributed by atoms with Crippen LogP contribution in [0.15, 0.2) is 0 Å². The largest absolute Gasteiger partial charge is 0.387 e. The van der Waals surface area contributed by atoms with E-state index in [1.54, 1.807) is 0 Å². The number of carbonyl (C=O) groups is 1. The van der Waals surface area contributed by atoms with Gasteiger partial charge in [0, 0.05) is 19.1 Å². The first-order valence-electron chi connectivity index (χ1n) is 6.86. The Bertz CT molecular complexity index is 265. The second-order valence-electron chi connectivity index (χ2n) is 5.58. The van der Waals surface area contributed by atoms with Crippen molar-refractivity contribution in [3.63, 3.8) is 0 Å². The number of nitrogens with zero attached hydrogens (tertiary/aromatic N) is 1. The molecule has 106 valence electrons. The molecule has 2 atom stereocenters. The predicted octanol–water partition coefficient (Wildman–Crippen LogP) is -0.0526. The average molecular weight is 257 g/mol. The minimum Gasteiger partial charge on any atom is -0.387 e. The number of aliphatic hydroxyl groups is 1. The van der Waals surface area contributed by atoms with Crippen molar-refractivity contribution in [1.29, 1.82) is 0 Å². The van der Waals surface area contributed by atoms with Crippen LogP contribution in [0.25, 0.3) is 0 Å². The van der Waals surface area contributed by atoms with E-state index in [-0.39, 0.29) is 11.9 Å². The van der Waals surface area contributed by atoms with Gasteiger partial charge in [0.1, 0.15) is 0 Å². The summed E-state index contributed by atoms with van der Waals surface area (Å²) in [7, 11) is 1.88. The first-order valence-corrected chi connectivity index (χ1v) is 6.86. The zero-order valence-corrected chi connectivity index (χ0v) is 11.8. The van der Waals surface area contributed by atoms with Gasteiger partial charge in [0.25, 0.3) is 0 Å². The summed E-state index contributed by atoms with van der Waals surface area (Å²) in [4.78, 5) is 13.7. The SMILES string of the molecule is CCCC(C)NC(=O)CN(C)CC1(O)CCNC1. The Morgan fingerprint density at radius 3 is 2.89 bits per heavy atom. The Hall–Kier alpha value is -0.650. The number of hydrogen-bond acceptors (Lipinski definition) is 4. The normalized spacial score (nSPS) is 25.4. The molecule has 0 aromatic carbocycles. The molecule has 1 fully saturated rings. The summed E-state index contributed by atoms with van der Waals surface area (Å²) in [6.45, 7) is 6.48. The number of likely N-dealkylation sites (N-methyl/N-ethyl adjacent to an activating group) is 1. The van der Waals surface area contributed by atoms with Crippen LogP contribution in [0.4, 0.5) is 0 Å². The molecule has 0 aromatic rings. The summed E-state index contributed by atoms with van der Waals surface area (Å²) >= 11 is 0. The van der Waals surface area contributed by atoms with Gasteiger partial charge in [-0.3, -0.25) is 9.69 Å². The van der Waals surface area contributed by atoms with Crippen molar-refractivity contribution in [2.75, 3.05) is 33.2 Å². The number of hydrogen-bond donors (Lipinski definition) is 3. The third-order valence-corrected chi connectivity index (χ3v) is 3.33. The maximum Gasteiger partial charge on any atom is 0.234 e. The fourth-order valence-electron chi connectivity index (χ4n) is 2.49. The van der Waals surface area contributed by atoms with Gasteiger partial charge in [0.2, 0.25) is 5.91 Å². The molecule has 2 unspecified atom stereocenters. The first-order chi connectivity index (χ1) is 8.45. The Labute approximate surface area is 110 Å². The molecule has 1 aliphatic rings. The maximum absolute atomic E-state index is 11.8. The third kappa shape index (κ3) is 5.33. The van der Waals surface area contributed by atoms with Gasteiger partial charge in [-0.1, -0.05) is 13.3 Å². The summed E-state index contributed by atoms with van der Waals surface area (Å²) in [5.41, 5.74) is -0.677. The molecule has 1 aliphatic heterocycles. The molecule has 18 heavy (non-hydrogen) atoms. The highest BCUT2D eigenvalue weighted by Gasteiger charge is 2.32. The summed E-state index contributed by atoms with van der Waals surface area (Å²) < 4.78 is 0. The van der Waals surface area contributed by atoms with Crippen LogP contribution < -0.4 is 10.6 Å². The Kier molecular flexibility index (Phi) is 6.05. The van der Waals surface area contributed by atoms with Gasteiger partial charge in [-0.15, -0.1) is 0 Å². The molecule has 1 saturated heterocycles. The van der Waals surface area contributed by atoms with Crippen LogP contribution >= 0.6 is 0 Å². The predicted molar refractivity (Wildman–Crippen MR) is 72.4 cm³/mol. The lowest BCUT2D eigenvalue weighted by molar-refractivity contribution is -0.123. The fourth-order valence-corrected chi connectivity index (χ4v) is 2.49. The molecule has 0 saturated carbocycles. The van der Waals surface area contributed by atoms with E-state index in [0.717, 1.165) is 25.8 Å². The molecule has 0 bridgehead atoms. The fraction of sp³-hybridized carbons (Fsp3) is 0.923.